The van der Waals surface area contributed by atoms with Gasteiger partial charge in [-0.2, -0.15) is 0 Å². The van der Waals surface area contributed by atoms with E-state index >= 15 is 0 Å². The Hall–Kier alpha value is -3.62. The van der Waals surface area contributed by atoms with Crippen LogP contribution in [-0.4, -0.2) is 51.0 Å². The van der Waals surface area contributed by atoms with Gasteiger partial charge in [0.05, 0.1) is 37.1 Å². The molecule has 4 rings (SSSR count). The molecule has 158 valence electrons. The summed E-state index contributed by atoms with van der Waals surface area (Å²) in [5.74, 6) is 1.56. The Kier molecular flexibility index (Phi) is 6.51. The molecule has 3 heterocycles. The Bertz CT molecular complexity index is 1010. The number of H-pyrrole nitrogens is 1. The molecular formula is C21H24N4O5. The van der Waals surface area contributed by atoms with Crippen LogP contribution in [0.25, 0.3) is 0 Å². The molecule has 9 heteroatoms. The number of amides is 1. The normalized spacial score (nSPS) is 15.0. The summed E-state index contributed by atoms with van der Waals surface area (Å²) in [6.45, 7) is 4.52. The largest absolute Gasteiger partial charge is 0.497 e. The summed E-state index contributed by atoms with van der Waals surface area (Å²) in [5.41, 5.74) is 3.65. The molecule has 0 radical (unpaired) electrons. The fourth-order valence-electron chi connectivity index (χ4n) is 3.52. The molecule has 2 N–H and O–H groups in total. The maximum Gasteiger partial charge on any atom is 0.291 e. The number of ether oxygens (including phenoxy) is 1. The van der Waals surface area contributed by atoms with Gasteiger partial charge in [0.1, 0.15) is 5.75 Å². The zero-order chi connectivity index (χ0) is 21.7. The number of nitrogens with one attached hydrogen (secondary N) is 1. The van der Waals surface area contributed by atoms with Crippen LogP contribution in [0.5, 0.6) is 5.75 Å². The number of benzene rings is 1. The number of hydrogen-bond acceptors (Lipinski definition) is 6. The summed E-state index contributed by atoms with van der Waals surface area (Å²) in [6, 6.07) is 7.89. The molecule has 9 nitrogen and oxygen atoms in total. The Morgan fingerprint density at radius 2 is 2.10 bits per heavy atom. The third-order valence-corrected chi connectivity index (χ3v) is 4.98. The maximum atomic E-state index is 13.1. The number of methoxy groups -OCH3 is 1. The number of hydrogen-bond donors (Lipinski definition) is 2. The van der Waals surface area contributed by atoms with E-state index in [1.807, 2.05) is 38.1 Å². The predicted molar refractivity (Wildman–Crippen MR) is 107 cm³/mol. The van der Waals surface area contributed by atoms with E-state index in [2.05, 4.69) is 15.0 Å². The van der Waals surface area contributed by atoms with Gasteiger partial charge in [-0.15, -0.1) is 0 Å². The molecule has 0 saturated heterocycles. The summed E-state index contributed by atoms with van der Waals surface area (Å²) in [4.78, 5) is 35.2. The SMILES string of the molecule is CCc1nc(C)c(C(=O)N2Cc3[nH]cnc3C(c3ccc(OC)cc3)C2)o1.O=CO. The van der Waals surface area contributed by atoms with Crippen molar-refractivity contribution in [2.24, 2.45) is 0 Å². The van der Waals surface area contributed by atoms with Gasteiger partial charge in [-0.3, -0.25) is 9.59 Å². The van der Waals surface area contributed by atoms with E-state index in [1.54, 1.807) is 18.3 Å². The molecule has 0 saturated carbocycles. The first-order valence-electron chi connectivity index (χ1n) is 9.51. The molecule has 30 heavy (non-hydrogen) atoms. The first kappa shape index (κ1) is 21.1. The van der Waals surface area contributed by atoms with Crippen molar-refractivity contribution < 1.29 is 23.8 Å². The number of aryl methyl sites for hydroxylation is 2. The zero-order valence-corrected chi connectivity index (χ0v) is 17.1. The van der Waals surface area contributed by atoms with Gasteiger partial charge in [0.25, 0.3) is 12.4 Å². The maximum absolute atomic E-state index is 13.1. The Morgan fingerprint density at radius 1 is 1.40 bits per heavy atom. The molecule has 2 aromatic heterocycles. The second-order valence-electron chi connectivity index (χ2n) is 6.76. The Labute approximate surface area is 173 Å². The Morgan fingerprint density at radius 3 is 2.70 bits per heavy atom. The highest BCUT2D eigenvalue weighted by molar-refractivity contribution is 5.92. The van der Waals surface area contributed by atoms with Crippen molar-refractivity contribution in [3.05, 3.63) is 64.9 Å². The third kappa shape index (κ3) is 4.19. The van der Waals surface area contributed by atoms with Crippen LogP contribution in [0.2, 0.25) is 0 Å². The van der Waals surface area contributed by atoms with Gasteiger partial charge in [0.15, 0.2) is 5.89 Å². The molecule has 0 spiro atoms. The number of carbonyl (C=O) groups excluding carboxylic acids is 1. The van der Waals surface area contributed by atoms with E-state index in [1.165, 1.54) is 0 Å². The smallest absolute Gasteiger partial charge is 0.291 e. The van der Waals surface area contributed by atoms with Gasteiger partial charge < -0.3 is 24.1 Å². The molecule has 1 aliphatic heterocycles. The third-order valence-electron chi connectivity index (χ3n) is 4.98. The minimum Gasteiger partial charge on any atom is -0.497 e. The van der Waals surface area contributed by atoms with Gasteiger partial charge in [-0.25, -0.2) is 9.97 Å². The lowest BCUT2D eigenvalue weighted by Crippen LogP contribution is -2.38. The minimum atomic E-state index is -0.250. The van der Waals surface area contributed by atoms with Gasteiger partial charge in [0.2, 0.25) is 5.76 Å². The van der Waals surface area contributed by atoms with Gasteiger partial charge in [0, 0.05) is 18.9 Å². The number of rotatable bonds is 4. The van der Waals surface area contributed by atoms with Crippen LogP contribution in [0.1, 0.15) is 51.9 Å². The van der Waals surface area contributed by atoms with Crippen molar-refractivity contribution in [3.63, 3.8) is 0 Å². The first-order valence-corrected chi connectivity index (χ1v) is 9.51. The molecule has 1 atom stereocenters. The number of fused-ring (bicyclic) bond motifs is 1. The average Bonchev–Trinajstić information content (AvgIpc) is 3.39. The molecule has 1 amide bonds. The number of aromatic nitrogens is 3. The van der Waals surface area contributed by atoms with E-state index in [9.17, 15) is 4.79 Å². The molecule has 0 bridgehead atoms. The summed E-state index contributed by atoms with van der Waals surface area (Å²) in [5, 5.41) is 6.89. The average molecular weight is 412 g/mol. The minimum absolute atomic E-state index is 0.0104. The van der Waals surface area contributed by atoms with Crippen LogP contribution in [0.4, 0.5) is 0 Å². The van der Waals surface area contributed by atoms with Gasteiger partial charge in [-0.1, -0.05) is 19.1 Å². The van der Waals surface area contributed by atoms with E-state index in [-0.39, 0.29) is 18.3 Å². The lowest BCUT2D eigenvalue weighted by Gasteiger charge is -2.32. The molecule has 0 fully saturated rings. The quantitative estimate of drug-likeness (QED) is 0.632. The highest BCUT2D eigenvalue weighted by Crippen LogP contribution is 2.33. The predicted octanol–water partition coefficient (Wildman–Crippen LogP) is 2.77. The van der Waals surface area contributed by atoms with E-state index in [4.69, 9.17) is 19.1 Å². The molecule has 0 aliphatic carbocycles. The fraction of sp³-hybridized carbons (Fsp3) is 0.333. The van der Waals surface area contributed by atoms with Crippen molar-refractivity contribution in [2.45, 2.75) is 32.7 Å². The highest BCUT2D eigenvalue weighted by Gasteiger charge is 2.33. The second kappa shape index (κ2) is 9.25. The fourth-order valence-corrected chi connectivity index (χ4v) is 3.52. The second-order valence-corrected chi connectivity index (χ2v) is 6.76. The lowest BCUT2D eigenvalue weighted by molar-refractivity contribution is -0.122. The summed E-state index contributed by atoms with van der Waals surface area (Å²) in [7, 11) is 1.64. The molecular weight excluding hydrogens is 388 g/mol. The number of aromatic amines is 1. The van der Waals surface area contributed by atoms with E-state index < -0.39 is 0 Å². The van der Waals surface area contributed by atoms with Crippen LogP contribution in [0, 0.1) is 6.92 Å². The summed E-state index contributed by atoms with van der Waals surface area (Å²) >= 11 is 0. The summed E-state index contributed by atoms with van der Waals surface area (Å²) in [6.07, 6.45) is 2.34. The van der Waals surface area contributed by atoms with Crippen molar-refractivity contribution >= 4 is 12.4 Å². The van der Waals surface area contributed by atoms with Crippen LogP contribution in [-0.2, 0) is 17.8 Å². The number of carbonyl (C=O) groups is 2. The van der Waals surface area contributed by atoms with E-state index in [0.29, 0.717) is 36.9 Å². The monoisotopic (exact) mass is 412 g/mol. The van der Waals surface area contributed by atoms with Crippen molar-refractivity contribution in [1.29, 1.82) is 0 Å². The number of nitrogens with zero attached hydrogens (tertiary/aromatic N) is 3. The van der Waals surface area contributed by atoms with Gasteiger partial charge >= 0.3 is 0 Å². The standard InChI is InChI=1S/C20H22N4O3.CH2O2/c1-4-17-23-12(2)19(27-17)20(25)24-9-15(18-16(10-24)21-11-22-18)13-5-7-14(26-3)8-6-13;2-1-3/h5-8,11,15H,4,9-10H2,1-3H3,(H,21,22);1H,(H,2,3). The highest BCUT2D eigenvalue weighted by atomic mass is 16.5. The number of oxazole rings is 1. The number of carboxylic acid groups (broad SMARTS) is 1. The Balaban J connectivity index is 0.000000806. The molecule has 1 aliphatic rings. The van der Waals surface area contributed by atoms with Crippen molar-refractivity contribution in [1.82, 2.24) is 19.9 Å². The van der Waals surface area contributed by atoms with Gasteiger partial charge in [-0.05, 0) is 24.6 Å². The molecule has 1 unspecified atom stereocenters. The van der Waals surface area contributed by atoms with Crippen LogP contribution in [0.15, 0.2) is 35.0 Å². The number of imidazole rings is 1. The zero-order valence-electron chi connectivity index (χ0n) is 17.1. The molecule has 3 aromatic rings. The van der Waals surface area contributed by atoms with Crippen LogP contribution in [0.3, 0.4) is 0 Å². The van der Waals surface area contributed by atoms with Crippen LogP contribution < -0.4 is 4.74 Å². The van der Waals surface area contributed by atoms with Crippen molar-refractivity contribution in [3.8, 4) is 5.75 Å². The topological polar surface area (TPSA) is 122 Å². The summed E-state index contributed by atoms with van der Waals surface area (Å²) < 4.78 is 10.9. The van der Waals surface area contributed by atoms with E-state index in [0.717, 1.165) is 22.7 Å². The van der Waals surface area contributed by atoms with Crippen molar-refractivity contribution in [2.75, 3.05) is 13.7 Å². The first-order chi connectivity index (χ1) is 14.5. The van der Waals surface area contributed by atoms with Crippen LogP contribution >= 0.6 is 0 Å². The lowest BCUT2D eigenvalue weighted by atomic mass is 9.90. The molecule has 1 aromatic carbocycles.